The number of carbonyl (C=O) groups excluding carboxylic acids is 2. The number of rotatable bonds is 6. The summed E-state index contributed by atoms with van der Waals surface area (Å²) in [6, 6.07) is 4.90. The second kappa shape index (κ2) is 8.84. The highest BCUT2D eigenvalue weighted by Crippen LogP contribution is 2.61. The molecule has 0 spiro atoms. The van der Waals surface area contributed by atoms with E-state index in [0.717, 1.165) is 32.1 Å². The van der Waals surface area contributed by atoms with Crippen LogP contribution in [0.4, 0.5) is 5.69 Å². The molecule has 11 heteroatoms. The number of nitrogens with one attached hydrogen (secondary N) is 1. The summed E-state index contributed by atoms with van der Waals surface area (Å²) in [5.74, 6) is 0.679. The van der Waals surface area contributed by atoms with Crippen LogP contribution in [0.1, 0.15) is 44.9 Å². The molecule has 8 nitrogen and oxygen atoms in total. The van der Waals surface area contributed by atoms with E-state index in [9.17, 15) is 18.0 Å². The maximum absolute atomic E-state index is 13.3. The highest BCUT2D eigenvalue weighted by molar-refractivity contribution is 7.90. The van der Waals surface area contributed by atoms with Crippen molar-refractivity contribution in [1.82, 2.24) is 9.62 Å². The number of anilines is 1. The van der Waals surface area contributed by atoms with Gasteiger partial charge in [-0.25, -0.2) is 0 Å². The van der Waals surface area contributed by atoms with Crippen LogP contribution >= 0.6 is 23.2 Å². The fourth-order valence-electron chi connectivity index (χ4n) is 7.26. The molecule has 1 saturated heterocycles. The smallest absolute Gasteiger partial charge is 0.304 e. The number of amides is 2. The van der Waals surface area contributed by atoms with E-state index in [1.54, 1.807) is 18.2 Å². The average Bonchev–Trinajstić information content (AvgIpc) is 2.73. The number of primary amides is 1. The van der Waals surface area contributed by atoms with Gasteiger partial charge in [0, 0.05) is 25.6 Å². The summed E-state index contributed by atoms with van der Waals surface area (Å²) in [6.07, 6.45) is 5.94. The maximum atomic E-state index is 13.3. The molecule has 1 aliphatic heterocycles. The Morgan fingerprint density at radius 3 is 2.50 bits per heavy atom. The molecule has 1 aromatic rings. The zero-order valence-corrected chi connectivity index (χ0v) is 21.2. The van der Waals surface area contributed by atoms with Gasteiger partial charge in [-0.2, -0.15) is 12.7 Å². The second-order valence-corrected chi connectivity index (χ2v) is 13.2. The molecule has 4 aliphatic carbocycles. The number of benzene rings is 1. The van der Waals surface area contributed by atoms with Crippen molar-refractivity contribution in [3.63, 3.8) is 0 Å². The van der Waals surface area contributed by atoms with Crippen LogP contribution in [0.2, 0.25) is 10.0 Å². The van der Waals surface area contributed by atoms with Crippen molar-refractivity contribution < 1.29 is 18.0 Å². The molecule has 4 saturated carbocycles. The van der Waals surface area contributed by atoms with Gasteiger partial charge < -0.3 is 11.1 Å². The number of carbonyl (C=O) groups is 2. The minimum atomic E-state index is -3.92. The van der Waals surface area contributed by atoms with Crippen molar-refractivity contribution in [3.8, 4) is 0 Å². The Morgan fingerprint density at radius 1 is 1.12 bits per heavy atom. The molecule has 0 radical (unpaired) electrons. The second-order valence-electron chi connectivity index (χ2n) is 10.5. The highest BCUT2D eigenvalue weighted by atomic mass is 35.5. The third-order valence-corrected chi connectivity index (χ3v) is 10.9. The van der Waals surface area contributed by atoms with Crippen molar-refractivity contribution in [2.45, 2.75) is 51.0 Å². The molecule has 3 N–H and O–H groups in total. The molecule has 2 atom stereocenters. The topological polar surface area (TPSA) is 113 Å². The third-order valence-electron chi connectivity index (χ3n) is 8.17. The van der Waals surface area contributed by atoms with Gasteiger partial charge in [0.1, 0.15) is 0 Å². The number of nitrogens with zero attached hydrogens (tertiary/aromatic N) is 2. The van der Waals surface area contributed by atoms with E-state index in [1.165, 1.54) is 8.61 Å². The van der Waals surface area contributed by atoms with E-state index >= 15 is 0 Å². The van der Waals surface area contributed by atoms with Gasteiger partial charge >= 0.3 is 10.2 Å². The first-order valence-corrected chi connectivity index (χ1v) is 14.0. The van der Waals surface area contributed by atoms with Crippen LogP contribution in [0.25, 0.3) is 0 Å². The molecular weight excluding hydrogens is 499 g/mol. The van der Waals surface area contributed by atoms with E-state index in [0.29, 0.717) is 36.3 Å². The van der Waals surface area contributed by atoms with Crippen molar-refractivity contribution in [1.29, 1.82) is 0 Å². The fraction of sp³-hybridized carbons (Fsp3) is 0.652. The Morgan fingerprint density at radius 2 is 1.82 bits per heavy atom. The minimum absolute atomic E-state index is 0.0174. The molecule has 2 amide bonds. The lowest BCUT2D eigenvalue weighted by Crippen LogP contribution is -2.61. The molecular formula is C23H30Cl2N4O4S. The van der Waals surface area contributed by atoms with Gasteiger partial charge in [0.05, 0.1) is 22.3 Å². The van der Waals surface area contributed by atoms with Crippen LogP contribution in [0, 0.1) is 23.2 Å². The Balaban J connectivity index is 1.27. The Kier molecular flexibility index (Phi) is 6.28. The van der Waals surface area contributed by atoms with Gasteiger partial charge in [-0.15, -0.1) is 0 Å². The summed E-state index contributed by atoms with van der Waals surface area (Å²) >= 11 is 12.4. The number of hydrogen-bond acceptors (Lipinski definition) is 4. The average molecular weight is 529 g/mol. The van der Waals surface area contributed by atoms with Crippen molar-refractivity contribution in [2.75, 3.05) is 23.9 Å². The summed E-state index contributed by atoms with van der Waals surface area (Å²) in [7, 11) is -3.92. The first kappa shape index (κ1) is 24.2. The summed E-state index contributed by atoms with van der Waals surface area (Å²) < 4.78 is 29.1. The predicted octanol–water partition coefficient (Wildman–Crippen LogP) is 2.94. The van der Waals surface area contributed by atoms with Crippen molar-refractivity contribution in [3.05, 3.63) is 28.2 Å². The molecule has 4 bridgehead atoms. The zero-order valence-electron chi connectivity index (χ0n) is 18.9. The van der Waals surface area contributed by atoms with Gasteiger partial charge in [-0.05, 0) is 73.8 Å². The van der Waals surface area contributed by atoms with Crippen LogP contribution in [0.15, 0.2) is 18.2 Å². The standard InChI is InChI=1S/C23H30Cl2N4O4S/c24-17-3-1-4-18(21(17)25)29-6-2-5-28(34(29,32)33)13-20(31)27-22-15-7-14-8-16(22)11-23(9-14,10-15)12-19(26)30/h1,3-4,14-16,22H,2,5-13H2,(H2,26,30)(H,27,31). The van der Waals surface area contributed by atoms with Crippen LogP contribution < -0.4 is 15.4 Å². The Labute approximate surface area is 210 Å². The monoisotopic (exact) mass is 528 g/mol. The van der Waals surface area contributed by atoms with E-state index in [4.69, 9.17) is 28.9 Å². The van der Waals surface area contributed by atoms with E-state index < -0.39 is 10.2 Å². The van der Waals surface area contributed by atoms with Gasteiger partial charge in [-0.1, -0.05) is 29.3 Å². The van der Waals surface area contributed by atoms with Gasteiger partial charge in [-0.3, -0.25) is 13.9 Å². The number of nitrogens with two attached hydrogens (primary N) is 1. The number of halogens is 2. The highest BCUT2D eigenvalue weighted by Gasteiger charge is 2.56. The van der Waals surface area contributed by atoms with Crippen LogP contribution in [0.3, 0.4) is 0 Å². The van der Waals surface area contributed by atoms with Crippen LogP contribution in [-0.4, -0.2) is 50.2 Å². The molecule has 34 heavy (non-hydrogen) atoms. The zero-order chi connectivity index (χ0) is 24.3. The molecule has 2 unspecified atom stereocenters. The summed E-state index contributed by atoms with van der Waals surface area (Å²) in [5, 5.41) is 3.62. The third kappa shape index (κ3) is 4.29. The van der Waals surface area contributed by atoms with E-state index in [2.05, 4.69) is 5.32 Å². The van der Waals surface area contributed by atoms with E-state index in [1.807, 2.05) is 0 Å². The van der Waals surface area contributed by atoms with Gasteiger partial charge in [0.15, 0.2) is 0 Å². The summed E-state index contributed by atoms with van der Waals surface area (Å²) in [6.45, 7) is 0.311. The van der Waals surface area contributed by atoms with Crippen LogP contribution in [-0.2, 0) is 19.8 Å². The van der Waals surface area contributed by atoms with Gasteiger partial charge in [0.25, 0.3) is 0 Å². The lowest BCUT2D eigenvalue weighted by atomic mass is 9.47. The minimum Gasteiger partial charge on any atom is -0.370 e. The van der Waals surface area contributed by atoms with Crippen molar-refractivity contribution >= 4 is 50.9 Å². The summed E-state index contributed by atoms with van der Waals surface area (Å²) in [4.78, 5) is 24.7. The van der Waals surface area contributed by atoms with Crippen LogP contribution in [0.5, 0.6) is 0 Å². The molecule has 1 aromatic carbocycles. The van der Waals surface area contributed by atoms with E-state index in [-0.39, 0.29) is 53.0 Å². The molecule has 5 aliphatic rings. The first-order valence-electron chi connectivity index (χ1n) is 11.9. The predicted molar refractivity (Wildman–Crippen MR) is 131 cm³/mol. The number of hydrogen-bond donors (Lipinski definition) is 2. The lowest BCUT2D eigenvalue weighted by Gasteiger charge is -2.60. The maximum Gasteiger partial charge on any atom is 0.304 e. The molecule has 6 rings (SSSR count). The molecule has 1 heterocycles. The molecule has 186 valence electrons. The largest absolute Gasteiger partial charge is 0.370 e. The molecule has 0 aromatic heterocycles. The lowest BCUT2D eigenvalue weighted by molar-refractivity contribution is -0.134. The fourth-order valence-corrected chi connectivity index (χ4v) is 9.38. The molecule has 5 fully saturated rings. The normalized spacial score (nSPS) is 34.2. The Bertz CT molecular complexity index is 1100. The quantitative estimate of drug-likeness (QED) is 0.590. The summed E-state index contributed by atoms with van der Waals surface area (Å²) in [5.41, 5.74) is 5.84. The Hall–Kier alpha value is -1.55. The SMILES string of the molecule is NC(=O)CC12CC3CC(C1)C(NC(=O)CN1CCCN(c4cccc(Cl)c4Cl)S1(=O)=O)C(C3)C2. The van der Waals surface area contributed by atoms with Crippen molar-refractivity contribution in [2.24, 2.45) is 28.9 Å². The first-order chi connectivity index (χ1) is 16.1. The van der Waals surface area contributed by atoms with Gasteiger partial charge in [0.2, 0.25) is 11.8 Å².